The van der Waals surface area contributed by atoms with Crippen molar-refractivity contribution in [1.29, 1.82) is 0 Å². The molecular formula is C22H19N5O4. The van der Waals surface area contributed by atoms with Gasteiger partial charge in [-0.05, 0) is 53.7 Å². The van der Waals surface area contributed by atoms with E-state index in [9.17, 15) is 9.59 Å². The highest BCUT2D eigenvalue weighted by atomic mass is 16.7. The van der Waals surface area contributed by atoms with Gasteiger partial charge in [-0.25, -0.2) is 0 Å². The predicted molar refractivity (Wildman–Crippen MR) is 115 cm³/mol. The Kier molecular flexibility index (Phi) is 5.75. The highest BCUT2D eigenvalue weighted by molar-refractivity contribution is 6.05. The molecule has 0 aliphatic carbocycles. The quantitative estimate of drug-likeness (QED) is 0.479. The van der Waals surface area contributed by atoms with E-state index in [1.165, 1.54) is 12.0 Å². The van der Waals surface area contributed by atoms with Crippen LogP contribution in [0.3, 0.4) is 0 Å². The summed E-state index contributed by atoms with van der Waals surface area (Å²) >= 11 is 0. The van der Waals surface area contributed by atoms with Crippen molar-refractivity contribution in [3.8, 4) is 5.75 Å². The lowest BCUT2D eigenvalue weighted by Crippen LogP contribution is -2.26. The molecule has 0 radical (unpaired) electrons. The summed E-state index contributed by atoms with van der Waals surface area (Å²) in [5.74, 6) is -0.0885. The fourth-order valence-corrected chi connectivity index (χ4v) is 2.91. The molecule has 3 aromatic carbocycles. The fraction of sp³-hybridized carbons (Fsp3) is 0.0909. The van der Waals surface area contributed by atoms with Gasteiger partial charge in [-0.15, -0.1) is 5.10 Å². The van der Waals surface area contributed by atoms with E-state index >= 15 is 0 Å². The molecule has 0 fully saturated rings. The summed E-state index contributed by atoms with van der Waals surface area (Å²) in [5, 5.41) is 13.3. The second-order valence-corrected chi connectivity index (χ2v) is 6.50. The number of ether oxygens (including phenoxy) is 1. The fourth-order valence-electron chi connectivity index (χ4n) is 2.91. The van der Waals surface area contributed by atoms with Crippen molar-refractivity contribution < 1.29 is 19.2 Å². The maximum Gasteiger partial charge on any atom is 0.265 e. The van der Waals surface area contributed by atoms with E-state index in [0.29, 0.717) is 33.7 Å². The van der Waals surface area contributed by atoms with Crippen molar-refractivity contribution in [2.24, 2.45) is 0 Å². The second kappa shape index (κ2) is 8.95. The number of carbonyl (C=O) groups is 2. The third-order valence-corrected chi connectivity index (χ3v) is 4.43. The van der Waals surface area contributed by atoms with Crippen LogP contribution in [0.15, 0.2) is 72.8 Å². The van der Waals surface area contributed by atoms with Crippen LogP contribution in [0.5, 0.6) is 5.75 Å². The lowest BCUT2D eigenvalue weighted by Gasteiger charge is -2.10. The molecule has 0 aliphatic heterocycles. The van der Waals surface area contributed by atoms with Crippen LogP contribution < -0.4 is 20.2 Å². The van der Waals surface area contributed by atoms with Crippen LogP contribution in [0.1, 0.15) is 10.4 Å². The normalized spacial score (nSPS) is 10.5. The van der Waals surface area contributed by atoms with Crippen molar-refractivity contribution in [1.82, 2.24) is 15.2 Å². The van der Waals surface area contributed by atoms with Gasteiger partial charge in [-0.1, -0.05) is 29.1 Å². The zero-order chi connectivity index (χ0) is 21.6. The Morgan fingerprint density at radius 1 is 0.935 bits per heavy atom. The van der Waals surface area contributed by atoms with Gasteiger partial charge in [-0.3, -0.25) is 9.59 Å². The number of rotatable bonds is 7. The highest BCUT2D eigenvalue weighted by Gasteiger charge is 2.11. The standard InChI is InChI=1S/C22H19N5O4/c1-30-20-9-5-3-7-18(20)24-22(29)15-10-12-16(13-11-15)23-21(28)14-31-27-19-8-4-2-6-17(19)25-26-27/h2-13H,14H2,1H3,(H,23,28)(H,24,29). The molecule has 0 aliphatic rings. The number of hydrogen-bond donors (Lipinski definition) is 2. The van der Waals surface area contributed by atoms with Crippen molar-refractivity contribution in [2.75, 3.05) is 24.4 Å². The van der Waals surface area contributed by atoms with Crippen LogP contribution >= 0.6 is 0 Å². The maximum absolute atomic E-state index is 12.5. The number of nitrogens with zero attached hydrogens (tertiary/aromatic N) is 3. The lowest BCUT2D eigenvalue weighted by molar-refractivity contribution is -0.121. The summed E-state index contributed by atoms with van der Waals surface area (Å²) in [6, 6.07) is 20.9. The number of amides is 2. The molecule has 2 N–H and O–H groups in total. The van der Waals surface area contributed by atoms with E-state index in [1.807, 2.05) is 18.2 Å². The van der Waals surface area contributed by atoms with Crippen molar-refractivity contribution in [3.05, 3.63) is 78.4 Å². The molecule has 1 heterocycles. The molecule has 0 saturated carbocycles. The van der Waals surface area contributed by atoms with Crippen LogP contribution in [-0.4, -0.2) is 40.7 Å². The van der Waals surface area contributed by atoms with Gasteiger partial charge in [0.05, 0.1) is 12.8 Å². The number of hydrogen-bond acceptors (Lipinski definition) is 6. The van der Waals surface area contributed by atoms with Gasteiger partial charge in [-0.2, -0.15) is 0 Å². The number of nitrogens with one attached hydrogen (secondary N) is 2. The van der Waals surface area contributed by atoms with Gasteiger partial charge in [0.15, 0.2) is 6.61 Å². The third-order valence-electron chi connectivity index (χ3n) is 4.43. The molecule has 9 nitrogen and oxygen atoms in total. The van der Waals surface area contributed by atoms with Crippen LogP contribution in [0.25, 0.3) is 11.0 Å². The van der Waals surface area contributed by atoms with E-state index < -0.39 is 0 Å². The maximum atomic E-state index is 12.5. The SMILES string of the molecule is COc1ccccc1NC(=O)c1ccc(NC(=O)COn2nnc3ccccc32)cc1. The Balaban J connectivity index is 1.33. The Bertz CT molecular complexity index is 1220. The molecule has 0 unspecified atom stereocenters. The van der Waals surface area contributed by atoms with E-state index in [1.54, 1.807) is 54.6 Å². The molecule has 0 saturated heterocycles. The third kappa shape index (κ3) is 4.61. The van der Waals surface area contributed by atoms with Crippen molar-refractivity contribution in [2.45, 2.75) is 0 Å². The molecule has 31 heavy (non-hydrogen) atoms. The van der Waals surface area contributed by atoms with Crippen LogP contribution in [0.2, 0.25) is 0 Å². The molecule has 0 spiro atoms. The lowest BCUT2D eigenvalue weighted by atomic mass is 10.2. The van der Waals surface area contributed by atoms with Gasteiger partial charge < -0.3 is 20.2 Å². The van der Waals surface area contributed by atoms with E-state index in [2.05, 4.69) is 20.9 Å². The van der Waals surface area contributed by atoms with Gasteiger partial charge in [0.1, 0.15) is 16.8 Å². The second-order valence-electron chi connectivity index (χ2n) is 6.50. The number of carbonyl (C=O) groups excluding carboxylic acids is 2. The minimum atomic E-state index is -0.370. The minimum Gasteiger partial charge on any atom is -0.495 e. The number of aromatic nitrogens is 3. The van der Waals surface area contributed by atoms with Crippen molar-refractivity contribution >= 4 is 34.2 Å². The average Bonchev–Trinajstić information content (AvgIpc) is 3.21. The van der Waals surface area contributed by atoms with Crippen molar-refractivity contribution in [3.63, 3.8) is 0 Å². The zero-order valence-electron chi connectivity index (χ0n) is 16.6. The highest BCUT2D eigenvalue weighted by Crippen LogP contribution is 2.23. The summed E-state index contributed by atoms with van der Waals surface area (Å²) in [6.07, 6.45) is 0. The molecule has 4 rings (SSSR count). The Morgan fingerprint density at radius 2 is 1.68 bits per heavy atom. The topological polar surface area (TPSA) is 107 Å². The monoisotopic (exact) mass is 417 g/mol. The van der Waals surface area contributed by atoms with E-state index in [4.69, 9.17) is 9.57 Å². The molecule has 4 aromatic rings. The number of methoxy groups -OCH3 is 1. The molecule has 0 atom stereocenters. The Labute approximate surface area is 177 Å². The van der Waals surface area contributed by atoms with Crippen LogP contribution in [0.4, 0.5) is 11.4 Å². The first-order valence-electron chi connectivity index (χ1n) is 9.42. The number of para-hydroxylation sites is 3. The molecule has 1 aromatic heterocycles. The molecule has 2 amide bonds. The zero-order valence-corrected chi connectivity index (χ0v) is 16.6. The van der Waals surface area contributed by atoms with Crippen LogP contribution in [0, 0.1) is 0 Å². The molecular weight excluding hydrogens is 398 g/mol. The van der Waals surface area contributed by atoms with Gasteiger partial charge >= 0.3 is 0 Å². The summed E-state index contributed by atoms with van der Waals surface area (Å²) < 4.78 is 5.23. The Hall–Kier alpha value is -4.40. The predicted octanol–water partition coefficient (Wildman–Crippen LogP) is 2.76. The number of anilines is 2. The number of benzene rings is 3. The summed E-state index contributed by atoms with van der Waals surface area (Å²) in [4.78, 5) is 31.3. The molecule has 0 bridgehead atoms. The van der Waals surface area contributed by atoms with Gasteiger partial charge in [0.25, 0.3) is 11.8 Å². The first-order chi connectivity index (χ1) is 15.1. The average molecular weight is 417 g/mol. The molecule has 156 valence electrons. The smallest absolute Gasteiger partial charge is 0.265 e. The van der Waals surface area contributed by atoms with Crippen LogP contribution in [-0.2, 0) is 4.79 Å². The Morgan fingerprint density at radius 3 is 2.48 bits per heavy atom. The van der Waals surface area contributed by atoms with E-state index in [0.717, 1.165) is 0 Å². The first kappa shape index (κ1) is 19.9. The largest absolute Gasteiger partial charge is 0.495 e. The first-order valence-corrected chi connectivity index (χ1v) is 9.42. The number of fused-ring (bicyclic) bond motifs is 1. The van der Waals surface area contributed by atoms with Gasteiger partial charge in [0.2, 0.25) is 0 Å². The van der Waals surface area contributed by atoms with Gasteiger partial charge in [0, 0.05) is 11.3 Å². The van der Waals surface area contributed by atoms with E-state index in [-0.39, 0.29) is 18.4 Å². The summed E-state index contributed by atoms with van der Waals surface area (Å²) in [6.45, 7) is -0.247. The summed E-state index contributed by atoms with van der Waals surface area (Å²) in [5.41, 5.74) is 2.89. The molecule has 9 heteroatoms. The summed E-state index contributed by atoms with van der Waals surface area (Å²) in [7, 11) is 1.54. The minimum absolute atomic E-state index is 0.247.